The topological polar surface area (TPSA) is 116 Å². The van der Waals surface area contributed by atoms with E-state index in [-0.39, 0.29) is 11.4 Å². The predicted molar refractivity (Wildman–Crippen MR) is 125 cm³/mol. The number of methoxy groups -OCH3 is 2. The number of aromatic nitrogens is 1. The van der Waals surface area contributed by atoms with Crippen molar-refractivity contribution in [3.05, 3.63) is 65.4 Å². The van der Waals surface area contributed by atoms with Gasteiger partial charge in [-0.25, -0.2) is 0 Å². The Bertz CT molecular complexity index is 1180. The Kier molecular flexibility index (Phi) is 8.52. The molecular formula is C25H25N3O6. The van der Waals surface area contributed by atoms with Crippen LogP contribution in [0.25, 0.3) is 6.08 Å². The molecule has 1 N–H and O–H groups in total. The number of carbonyl (C=O) groups is 1. The van der Waals surface area contributed by atoms with E-state index >= 15 is 0 Å². The van der Waals surface area contributed by atoms with Crippen LogP contribution >= 0.6 is 0 Å². The number of hydrogen-bond donors (Lipinski definition) is 1. The maximum Gasteiger partial charge on any atom is 0.267 e. The van der Waals surface area contributed by atoms with E-state index in [0.717, 1.165) is 11.5 Å². The maximum absolute atomic E-state index is 12.4. The zero-order valence-corrected chi connectivity index (χ0v) is 19.2. The molecule has 0 saturated heterocycles. The molecule has 0 bridgehead atoms. The van der Waals surface area contributed by atoms with Gasteiger partial charge in [-0.2, -0.15) is 5.26 Å². The third-order valence-electron chi connectivity index (χ3n) is 4.61. The molecule has 1 amide bonds. The van der Waals surface area contributed by atoms with Gasteiger partial charge >= 0.3 is 0 Å². The van der Waals surface area contributed by atoms with Crippen LogP contribution in [0.15, 0.2) is 58.6 Å². The molecule has 0 radical (unpaired) electrons. The van der Waals surface area contributed by atoms with Crippen molar-refractivity contribution < 1.29 is 28.3 Å². The first-order chi connectivity index (χ1) is 16.5. The van der Waals surface area contributed by atoms with Crippen LogP contribution in [0.1, 0.15) is 17.7 Å². The average Bonchev–Trinajstić information content (AvgIpc) is 3.27. The van der Waals surface area contributed by atoms with Gasteiger partial charge in [0, 0.05) is 12.5 Å². The Morgan fingerprint density at radius 3 is 2.41 bits per heavy atom. The summed E-state index contributed by atoms with van der Waals surface area (Å²) in [6.45, 7) is 2.61. The Labute approximate surface area is 197 Å². The van der Waals surface area contributed by atoms with Crippen LogP contribution in [0.5, 0.6) is 23.0 Å². The normalized spacial score (nSPS) is 10.8. The molecule has 0 aliphatic carbocycles. The molecule has 1 heterocycles. The Morgan fingerprint density at radius 2 is 1.76 bits per heavy atom. The third kappa shape index (κ3) is 6.77. The van der Waals surface area contributed by atoms with Crippen LogP contribution in [0.4, 0.5) is 5.82 Å². The maximum atomic E-state index is 12.4. The van der Waals surface area contributed by atoms with Gasteiger partial charge in [-0.3, -0.25) is 4.79 Å². The van der Waals surface area contributed by atoms with E-state index in [1.807, 2.05) is 30.3 Å². The molecular weight excluding hydrogens is 438 g/mol. The molecule has 9 nitrogen and oxygen atoms in total. The highest BCUT2D eigenvalue weighted by Crippen LogP contribution is 2.29. The van der Waals surface area contributed by atoms with E-state index in [1.165, 1.54) is 13.2 Å². The summed E-state index contributed by atoms with van der Waals surface area (Å²) in [5.74, 6) is 2.75. The molecule has 176 valence electrons. The number of nitrogens with one attached hydrogen (secondary N) is 1. The largest absolute Gasteiger partial charge is 0.497 e. The number of benzene rings is 2. The zero-order chi connectivity index (χ0) is 24.3. The SMILES string of the molecule is COc1ccc(OCCCOc2ccc(C=C(C#N)C(=O)Nc3cc(C)on3)cc2OC)cc1. The minimum atomic E-state index is -0.591. The van der Waals surface area contributed by atoms with Gasteiger partial charge in [0.15, 0.2) is 17.3 Å². The minimum Gasteiger partial charge on any atom is -0.497 e. The van der Waals surface area contributed by atoms with Crippen molar-refractivity contribution in [1.82, 2.24) is 5.16 Å². The molecule has 0 unspecified atom stereocenters. The lowest BCUT2D eigenvalue weighted by atomic mass is 10.1. The average molecular weight is 463 g/mol. The second-order valence-corrected chi connectivity index (χ2v) is 7.08. The number of nitrogens with zero attached hydrogens (tertiary/aromatic N) is 2. The minimum absolute atomic E-state index is 0.0907. The number of amides is 1. The van der Waals surface area contributed by atoms with Gasteiger partial charge in [0.2, 0.25) is 0 Å². The van der Waals surface area contributed by atoms with Gasteiger partial charge in [-0.15, -0.1) is 0 Å². The highest BCUT2D eigenvalue weighted by molar-refractivity contribution is 6.09. The molecule has 34 heavy (non-hydrogen) atoms. The van der Waals surface area contributed by atoms with Crippen molar-refractivity contribution in [3.8, 4) is 29.1 Å². The summed E-state index contributed by atoms with van der Waals surface area (Å²) in [5.41, 5.74) is 0.516. The summed E-state index contributed by atoms with van der Waals surface area (Å²) in [5, 5.41) is 15.6. The molecule has 1 aromatic heterocycles. The number of nitriles is 1. The quantitative estimate of drug-likeness (QED) is 0.253. The predicted octanol–water partition coefficient (Wildman–Crippen LogP) is 4.39. The lowest BCUT2D eigenvalue weighted by molar-refractivity contribution is -0.112. The lowest BCUT2D eigenvalue weighted by Crippen LogP contribution is -2.13. The number of carbonyl (C=O) groups excluding carboxylic acids is 1. The summed E-state index contributed by atoms with van der Waals surface area (Å²) < 4.78 is 26.9. The molecule has 0 saturated carbocycles. The molecule has 3 rings (SSSR count). The van der Waals surface area contributed by atoms with Crippen molar-refractivity contribution in [2.45, 2.75) is 13.3 Å². The smallest absolute Gasteiger partial charge is 0.267 e. The summed E-state index contributed by atoms with van der Waals surface area (Å²) in [4.78, 5) is 12.4. The molecule has 0 aliphatic heterocycles. The highest BCUT2D eigenvalue weighted by Gasteiger charge is 2.13. The van der Waals surface area contributed by atoms with Gasteiger partial charge < -0.3 is 28.8 Å². The fourth-order valence-electron chi connectivity index (χ4n) is 2.92. The first kappa shape index (κ1) is 24.2. The first-order valence-corrected chi connectivity index (χ1v) is 10.5. The van der Waals surface area contributed by atoms with Crippen LogP contribution in [0.3, 0.4) is 0 Å². The standard InChI is InChI=1S/C25H25N3O6/c1-17-13-24(28-34-17)27-25(29)19(16-26)14-18-5-10-22(23(15-18)31-3)33-12-4-11-32-21-8-6-20(30-2)7-9-21/h5-10,13-15H,4,11-12H2,1-3H3,(H,27,28,29). The van der Waals surface area contributed by atoms with Crippen LogP contribution in [0.2, 0.25) is 0 Å². The van der Waals surface area contributed by atoms with Gasteiger partial charge in [0.1, 0.15) is 28.9 Å². The fourth-order valence-corrected chi connectivity index (χ4v) is 2.92. The molecule has 3 aromatic rings. The number of rotatable bonds is 11. The second-order valence-electron chi connectivity index (χ2n) is 7.08. The van der Waals surface area contributed by atoms with E-state index in [4.69, 9.17) is 23.5 Å². The van der Waals surface area contributed by atoms with Gasteiger partial charge in [0.25, 0.3) is 5.91 Å². The lowest BCUT2D eigenvalue weighted by Gasteiger charge is -2.12. The van der Waals surface area contributed by atoms with Crippen molar-refractivity contribution in [2.24, 2.45) is 0 Å². The summed E-state index contributed by atoms with van der Waals surface area (Å²) in [6.07, 6.45) is 2.12. The zero-order valence-electron chi connectivity index (χ0n) is 19.2. The molecule has 0 fully saturated rings. The number of aryl methyl sites for hydroxylation is 1. The van der Waals surface area contributed by atoms with Crippen molar-refractivity contribution in [2.75, 3.05) is 32.8 Å². The van der Waals surface area contributed by atoms with Gasteiger partial charge in [0.05, 0.1) is 27.4 Å². The molecule has 0 atom stereocenters. The van der Waals surface area contributed by atoms with Crippen LogP contribution in [-0.2, 0) is 4.79 Å². The van der Waals surface area contributed by atoms with E-state index in [9.17, 15) is 10.1 Å². The van der Waals surface area contributed by atoms with E-state index in [1.54, 1.807) is 38.3 Å². The van der Waals surface area contributed by atoms with E-state index in [2.05, 4.69) is 10.5 Å². The number of ether oxygens (including phenoxy) is 4. The summed E-state index contributed by atoms with van der Waals surface area (Å²) in [7, 11) is 3.14. The molecule has 0 spiro atoms. The Balaban J connectivity index is 1.55. The second kappa shape index (κ2) is 12.0. The Morgan fingerprint density at radius 1 is 1.03 bits per heavy atom. The fraction of sp³-hybridized carbons (Fsp3) is 0.240. The van der Waals surface area contributed by atoms with Crippen molar-refractivity contribution in [3.63, 3.8) is 0 Å². The van der Waals surface area contributed by atoms with Gasteiger partial charge in [-0.1, -0.05) is 11.2 Å². The van der Waals surface area contributed by atoms with E-state index in [0.29, 0.717) is 42.5 Å². The molecule has 9 heteroatoms. The van der Waals surface area contributed by atoms with Crippen molar-refractivity contribution in [1.29, 1.82) is 5.26 Å². The third-order valence-corrected chi connectivity index (χ3v) is 4.61. The van der Waals surface area contributed by atoms with E-state index < -0.39 is 5.91 Å². The summed E-state index contributed by atoms with van der Waals surface area (Å²) >= 11 is 0. The summed E-state index contributed by atoms with van der Waals surface area (Å²) in [6, 6.07) is 16.0. The molecule has 2 aromatic carbocycles. The highest BCUT2D eigenvalue weighted by atomic mass is 16.5. The first-order valence-electron chi connectivity index (χ1n) is 10.5. The monoisotopic (exact) mass is 463 g/mol. The van der Waals surface area contributed by atoms with Crippen LogP contribution in [-0.4, -0.2) is 38.5 Å². The number of hydrogen-bond acceptors (Lipinski definition) is 8. The number of anilines is 1. The van der Waals surface area contributed by atoms with Crippen LogP contribution < -0.4 is 24.3 Å². The van der Waals surface area contributed by atoms with Gasteiger partial charge in [-0.05, 0) is 55.0 Å². The van der Waals surface area contributed by atoms with Crippen LogP contribution in [0, 0.1) is 18.3 Å². The molecule has 0 aliphatic rings. The Hall–Kier alpha value is -4.45. The van der Waals surface area contributed by atoms with Crippen molar-refractivity contribution >= 4 is 17.8 Å².